The zero-order chi connectivity index (χ0) is 29.0. The van der Waals surface area contributed by atoms with E-state index in [0.29, 0.717) is 32.0 Å². The molecule has 3 aliphatic rings. The number of aromatic nitrogens is 3. The number of nitrogens with one attached hydrogen (secondary N) is 1. The first-order valence-corrected chi connectivity index (χ1v) is 14.5. The van der Waals surface area contributed by atoms with Gasteiger partial charge in [-0.05, 0) is 57.7 Å². The first kappa shape index (κ1) is 27.5. The number of pyridine rings is 1. The predicted octanol–water partition coefficient (Wildman–Crippen LogP) is 3.96. The molecule has 3 fully saturated rings. The molecule has 0 aliphatic carbocycles. The summed E-state index contributed by atoms with van der Waals surface area (Å²) in [5, 5.41) is 7.63. The first-order chi connectivity index (χ1) is 19.4. The largest absolute Gasteiger partial charge is 0.444 e. The highest BCUT2D eigenvalue weighted by Crippen LogP contribution is 2.39. The van der Waals surface area contributed by atoms with Crippen LogP contribution in [0.2, 0.25) is 0 Å². The molecule has 0 bridgehead atoms. The second kappa shape index (κ2) is 10.0. The van der Waals surface area contributed by atoms with Gasteiger partial charge in [-0.3, -0.25) is 4.79 Å². The van der Waals surface area contributed by atoms with Crippen molar-refractivity contribution in [3.8, 4) is 0 Å². The van der Waals surface area contributed by atoms with Gasteiger partial charge in [-0.25, -0.2) is 14.3 Å². The predicted molar refractivity (Wildman–Crippen MR) is 155 cm³/mol. The van der Waals surface area contributed by atoms with Crippen LogP contribution in [0, 0.1) is 12.3 Å². The molecular weight excluding hydrogens is 520 g/mol. The van der Waals surface area contributed by atoms with E-state index in [9.17, 15) is 9.59 Å². The maximum absolute atomic E-state index is 13.2. The highest BCUT2D eigenvalue weighted by molar-refractivity contribution is 5.91. The molecule has 2 amide bonds. The maximum atomic E-state index is 13.2. The number of ether oxygens (including phenoxy) is 2. The topological polar surface area (TPSA) is 101 Å². The Morgan fingerprint density at radius 2 is 1.90 bits per heavy atom. The number of aryl methyl sites for hydroxylation is 1. The van der Waals surface area contributed by atoms with Crippen LogP contribution < -0.4 is 10.2 Å². The van der Waals surface area contributed by atoms with Gasteiger partial charge < -0.3 is 24.6 Å². The Morgan fingerprint density at radius 1 is 1.15 bits per heavy atom. The number of likely N-dealkylation sites (tertiary alicyclic amines) is 1. The Labute approximate surface area is 241 Å². The average molecular weight is 561 g/mol. The summed E-state index contributed by atoms with van der Waals surface area (Å²) >= 11 is 0. The first-order valence-electron chi connectivity index (χ1n) is 14.5. The monoisotopic (exact) mass is 560 g/mol. The SMILES string of the molecule is Cc1cc(N2CC[C@](C)(c3ccccc3)C2)cn2nc(C(=O)NC3COCC4(C3)CN(C(=O)OC(C)(C)C)C4)nc12. The van der Waals surface area contributed by atoms with E-state index in [1.54, 1.807) is 9.42 Å². The van der Waals surface area contributed by atoms with Crippen molar-refractivity contribution in [2.45, 2.75) is 64.5 Å². The van der Waals surface area contributed by atoms with Crippen molar-refractivity contribution in [2.75, 3.05) is 44.3 Å². The van der Waals surface area contributed by atoms with Crippen LogP contribution in [0.5, 0.6) is 0 Å². The Hall–Kier alpha value is -3.66. The minimum atomic E-state index is -0.531. The number of hydrogen-bond acceptors (Lipinski definition) is 7. The Bertz CT molecular complexity index is 1460. The van der Waals surface area contributed by atoms with Crippen molar-refractivity contribution in [1.29, 1.82) is 0 Å². The second-order valence-electron chi connectivity index (χ2n) is 13.4. The lowest BCUT2D eigenvalue weighted by Gasteiger charge is -2.53. The lowest BCUT2D eigenvalue weighted by molar-refractivity contribution is -0.109. The molecule has 3 aromatic rings. The molecule has 218 valence electrons. The van der Waals surface area contributed by atoms with Crippen LogP contribution in [0.3, 0.4) is 0 Å². The van der Waals surface area contributed by atoms with Crippen molar-refractivity contribution in [3.63, 3.8) is 0 Å². The maximum Gasteiger partial charge on any atom is 0.410 e. The van der Waals surface area contributed by atoms with E-state index in [4.69, 9.17) is 9.47 Å². The smallest absolute Gasteiger partial charge is 0.410 e. The molecule has 0 saturated carbocycles. The Morgan fingerprint density at radius 3 is 2.63 bits per heavy atom. The van der Waals surface area contributed by atoms with E-state index < -0.39 is 5.60 Å². The van der Waals surface area contributed by atoms with Crippen molar-refractivity contribution in [3.05, 3.63) is 59.5 Å². The van der Waals surface area contributed by atoms with E-state index in [1.807, 2.05) is 33.9 Å². The normalized spacial score (nSPS) is 24.0. The average Bonchev–Trinajstić information content (AvgIpc) is 3.52. The number of carbonyl (C=O) groups is 2. The molecule has 3 aliphatic heterocycles. The lowest BCUT2D eigenvalue weighted by atomic mass is 9.74. The summed E-state index contributed by atoms with van der Waals surface area (Å²) in [5.74, 6) is -0.175. The van der Waals surface area contributed by atoms with E-state index in [0.717, 1.165) is 37.2 Å². The Balaban J connectivity index is 1.11. The van der Waals surface area contributed by atoms with E-state index in [2.05, 4.69) is 63.6 Å². The molecule has 2 atom stereocenters. The van der Waals surface area contributed by atoms with Crippen LogP contribution in [-0.4, -0.2) is 82.5 Å². The van der Waals surface area contributed by atoms with Gasteiger partial charge in [0.1, 0.15) is 5.60 Å². The summed E-state index contributed by atoms with van der Waals surface area (Å²) in [5.41, 5.74) is 3.46. The number of fused-ring (bicyclic) bond motifs is 1. The third-order valence-electron chi connectivity index (χ3n) is 8.56. The van der Waals surface area contributed by atoms with Crippen LogP contribution >= 0.6 is 0 Å². The molecule has 1 aromatic carbocycles. The molecule has 10 heteroatoms. The summed E-state index contributed by atoms with van der Waals surface area (Å²) in [4.78, 5) is 34.3. The van der Waals surface area contributed by atoms with Gasteiger partial charge in [-0.1, -0.05) is 37.3 Å². The summed E-state index contributed by atoms with van der Waals surface area (Å²) in [6.07, 6.45) is 3.46. The quantitative estimate of drug-likeness (QED) is 0.516. The number of rotatable bonds is 4. The number of benzene rings is 1. The van der Waals surface area contributed by atoms with Gasteiger partial charge in [0.15, 0.2) is 5.65 Å². The fourth-order valence-corrected chi connectivity index (χ4v) is 6.50. The molecule has 2 aromatic heterocycles. The van der Waals surface area contributed by atoms with Gasteiger partial charge >= 0.3 is 6.09 Å². The van der Waals surface area contributed by atoms with Gasteiger partial charge in [-0.15, -0.1) is 5.10 Å². The van der Waals surface area contributed by atoms with Crippen LogP contribution in [0.15, 0.2) is 42.6 Å². The van der Waals surface area contributed by atoms with Crippen molar-refractivity contribution < 1.29 is 19.1 Å². The van der Waals surface area contributed by atoms with Gasteiger partial charge in [0.05, 0.1) is 31.1 Å². The number of carbonyl (C=O) groups excluding carboxylic acids is 2. The van der Waals surface area contributed by atoms with Gasteiger partial charge in [0.2, 0.25) is 5.82 Å². The molecule has 1 unspecified atom stereocenters. The highest BCUT2D eigenvalue weighted by Gasteiger charge is 2.50. The molecule has 41 heavy (non-hydrogen) atoms. The van der Waals surface area contributed by atoms with Crippen LogP contribution in [0.25, 0.3) is 5.65 Å². The molecule has 3 saturated heterocycles. The molecular formula is C31H40N6O4. The molecule has 1 N–H and O–H groups in total. The van der Waals surface area contributed by atoms with Crippen LogP contribution in [0.1, 0.15) is 62.3 Å². The Kier molecular flexibility index (Phi) is 6.71. The van der Waals surface area contributed by atoms with Gasteiger partial charge in [-0.2, -0.15) is 0 Å². The summed E-state index contributed by atoms with van der Waals surface area (Å²) in [6, 6.07) is 12.6. The van der Waals surface area contributed by atoms with Crippen LogP contribution in [0.4, 0.5) is 10.5 Å². The highest BCUT2D eigenvalue weighted by atomic mass is 16.6. The molecule has 1 spiro atoms. The zero-order valence-corrected chi connectivity index (χ0v) is 24.6. The molecule has 6 rings (SSSR count). The number of anilines is 1. The summed E-state index contributed by atoms with van der Waals surface area (Å²) in [7, 11) is 0. The van der Waals surface area contributed by atoms with Crippen molar-refractivity contribution in [2.24, 2.45) is 5.41 Å². The van der Waals surface area contributed by atoms with E-state index >= 15 is 0 Å². The molecule has 5 heterocycles. The van der Waals surface area contributed by atoms with Crippen molar-refractivity contribution in [1.82, 2.24) is 24.8 Å². The zero-order valence-electron chi connectivity index (χ0n) is 24.6. The van der Waals surface area contributed by atoms with E-state index in [1.165, 1.54) is 5.56 Å². The van der Waals surface area contributed by atoms with Gasteiger partial charge in [0.25, 0.3) is 5.91 Å². The lowest BCUT2D eigenvalue weighted by Crippen LogP contribution is -2.65. The molecule has 10 nitrogen and oxygen atoms in total. The minimum absolute atomic E-state index is 0.0847. The summed E-state index contributed by atoms with van der Waals surface area (Å²) < 4.78 is 13.1. The van der Waals surface area contributed by atoms with Crippen LogP contribution in [-0.2, 0) is 14.9 Å². The number of nitrogens with zero attached hydrogens (tertiary/aromatic N) is 5. The molecule has 0 radical (unpaired) electrons. The number of hydrogen-bond donors (Lipinski definition) is 1. The fourth-order valence-electron chi connectivity index (χ4n) is 6.50. The summed E-state index contributed by atoms with van der Waals surface area (Å²) in [6.45, 7) is 13.9. The fraction of sp³-hybridized carbons (Fsp3) is 0.548. The van der Waals surface area contributed by atoms with E-state index in [-0.39, 0.29) is 34.7 Å². The second-order valence-corrected chi connectivity index (χ2v) is 13.4. The number of amides is 2. The minimum Gasteiger partial charge on any atom is -0.444 e. The third kappa shape index (κ3) is 5.49. The standard InChI is InChI=1S/C31H40N6O4/c1-21-13-24(35-12-11-30(5,17-35)22-9-7-6-8-10-22)15-37-26(21)33-25(34-37)27(38)32-23-14-31(20-40-16-23)18-36(19-31)28(39)41-29(2,3)4/h6-10,13,15,23H,11-12,14,16-20H2,1-5H3,(H,32,38)/t23?,30-/m0/s1. The van der Waals surface area contributed by atoms with Gasteiger partial charge in [0, 0.05) is 37.0 Å². The third-order valence-corrected chi connectivity index (χ3v) is 8.56. The van der Waals surface area contributed by atoms with Crippen molar-refractivity contribution >= 4 is 23.3 Å².